The van der Waals surface area contributed by atoms with E-state index in [0.29, 0.717) is 18.5 Å². The zero-order valence-corrected chi connectivity index (χ0v) is 11.9. The van der Waals surface area contributed by atoms with Gasteiger partial charge in [0, 0.05) is 11.6 Å². The molecule has 0 heterocycles. The van der Waals surface area contributed by atoms with E-state index in [1.54, 1.807) is 24.3 Å². The third kappa shape index (κ3) is 3.56. The Bertz CT molecular complexity index is 586. The summed E-state index contributed by atoms with van der Waals surface area (Å²) >= 11 is 5.67. The van der Waals surface area contributed by atoms with E-state index in [9.17, 15) is 8.78 Å². The standard InChI is InChI=1S/C16H16ClF2N/c1-2-20-16(12-5-3-4-6-14(12)18)10-11-7-8-13(17)15(19)9-11/h3-9,16,20H,2,10H2,1H3. The highest BCUT2D eigenvalue weighted by molar-refractivity contribution is 6.30. The fourth-order valence-corrected chi connectivity index (χ4v) is 2.32. The van der Waals surface area contributed by atoms with Crippen LogP contribution in [-0.4, -0.2) is 6.54 Å². The van der Waals surface area contributed by atoms with Crippen LogP contribution in [0.25, 0.3) is 0 Å². The molecule has 4 heteroatoms. The third-order valence-corrected chi connectivity index (χ3v) is 3.46. The molecule has 0 fully saturated rings. The van der Waals surface area contributed by atoms with Gasteiger partial charge in [-0.3, -0.25) is 0 Å². The second-order valence-electron chi connectivity index (χ2n) is 4.58. The molecule has 1 unspecified atom stereocenters. The quantitative estimate of drug-likeness (QED) is 0.855. The van der Waals surface area contributed by atoms with Crippen molar-refractivity contribution >= 4 is 11.6 Å². The van der Waals surface area contributed by atoms with Crippen LogP contribution in [0.4, 0.5) is 8.78 Å². The van der Waals surface area contributed by atoms with Gasteiger partial charge in [0.15, 0.2) is 0 Å². The molecule has 106 valence electrons. The van der Waals surface area contributed by atoms with Crippen molar-refractivity contribution in [1.82, 2.24) is 5.32 Å². The second-order valence-corrected chi connectivity index (χ2v) is 4.99. The van der Waals surface area contributed by atoms with Crippen molar-refractivity contribution in [3.05, 3.63) is 70.2 Å². The molecule has 0 aromatic heterocycles. The molecule has 2 aromatic carbocycles. The molecule has 0 bridgehead atoms. The monoisotopic (exact) mass is 295 g/mol. The highest BCUT2D eigenvalue weighted by atomic mass is 35.5. The van der Waals surface area contributed by atoms with Gasteiger partial charge in [0.05, 0.1) is 5.02 Å². The van der Waals surface area contributed by atoms with E-state index in [4.69, 9.17) is 11.6 Å². The lowest BCUT2D eigenvalue weighted by Gasteiger charge is -2.19. The van der Waals surface area contributed by atoms with Crippen molar-refractivity contribution in [3.63, 3.8) is 0 Å². The van der Waals surface area contributed by atoms with Crippen LogP contribution in [0.2, 0.25) is 5.02 Å². The van der Waals surface area contributed by atoms with E-state index in [0.717, 1.165) is 5.56 Å². The normalized spacial score (nSPS) is 12.4. The fraction of sp³-hybridized carbons (Fsp3) is 0.250. The van der Waals surface area contributed by atoms with Crippen LogP contribution in [0.1, 0.15) is 24.1 Å². The van der Waals surface area contributed by atoms with Gasteiger partial charge in [0.1, 0.15) is 11.6 Å². The second kappa shape index (κ2) is 6.82. The van der Waals surface area contributed by atoms with Crippen molar-refractivity contribution in [3.8, 4) is 0 Å². The summed E-state index contributed by atoms with van der Waals surface area (Å²) in [4.78, 5) is 0. The summed E-state index contributed by atoms with van der Waals surface area (Å²) in [5, 5.41) is 3.32. The van der Waals surface area contributed by atoms with Gasteiger partial charge in [0.25, 0.3) is 0 Å². The summed E-state index contributed by atoms with van der Waals surface area (Å²) < 4.78 is 27.3. The Morgan fingerprint density at radius 2 is 1.85 bits per heavy atom. The third-order valence-electron chi connectivity index (χ3n) is 3.16. The molecule has 1 N–H and O–H groups in total. The van der Waals surface area contributed by atoms with Gasteiger partial charge >= 0.3 is 0 Å². The van der Waals surface area contributed by atoms with Crippen molar-refractivity contribution in [2.24, 2.45) is 0 Å². The lowest BCUT2D eigenvalue weighted by molar-refractivity contribution is 0.509. The molecule has 0 aliphatic rings. The number of rotatable bonds is 5. The van der Waals surface area contributed by atoms with E-state index < -0.39 is 5.82 Å². The zero-order chi connectivity index (χ0) is 14.5. The Morgan fingerprint density at radius 3 is 2.50 bits per heavy atom. The van der Waals surface area contributed by atoms with Gasteiger partial charge in [-0.15, -0.1) is 0 Å². The van der Waals surface area contributed by atoms with Gasteiger partial charge < -0.3 is 5.32 Å². The van der Waals surface area contributed by atoms with E-state index >= 15 is 0 Å². The Morgan fingerprint density at radius 1 is 1.10 bits per heavy atom. The van der Waals surface area contributed by atoms with Gasteiger partial charge in [-0.2, -0.15) is 0 Å². The maximum absolute atomic E-state index is 13.9. The van der Waals surface area contributed by atoms with Crippen LogP contribution in [0.3, 0.4) is 0 Å². The van der Waals surface area contributed by atoms with Crippen molar-refractivity contribution < 1.29 is 8.78 Å². The van der Waals surface area contributed by atoms with E-state index in [-0.39, 0.29) is 16.9 Å². The Kier molecular flexibility index (Phi) is 5.10. The smallest absolute Gasteiger partial charge is 0.142 e. The van der Waals surface area contributed by atoms with Crippen LogP contribution in [0.5, 0.6) is 0 Å². The Hall–Kier alpha value is -1.45. The first kappa shape index (κ1) is 14.9. The summed E-state index contributed by atoms with van der Waals surface area (Å²) in [5.74, 6) is -0.708. The Balaban J connectivity index is 2.25. The van der Waals surface area contributed by atoms with Crippen molar-refractivity contribution in [1.29, 1.82) is 0 Å². The van der Waals surface area contributed by atoms with Crippen LogP contribution in [-0.2, 0) is 6.42 Å². The molecule has 0 saturated heterocycles. The molecule has 0 aliphatic carbocycles. The lowest BCUT2D eigenvalue weighted by atomic mass is 9.98. The predicted molar refractivity (Wildman–Crippen MR) is 77.9 cm³/mol. The van der Waals surface area contributed by atoms with Crippen LogP contribution >= 0.6 is 11.6 Å². The first-order chi connectivity index (χ1) is 9.61. The topological polar surface area (TPSA) is 12.0 Å². The average molecular weight is 296 g/mol. The molecular formula is C16H16ClF2N. The first-order valence-corrected chi connectivity index (χ1v) is 6.91. The van der Waals surface area contributed by atoms with Crippen molar-refractivity contribution in [2.45, 2.75) is 19.4 Å². The largest absolute Gasteiger partial charge is 0.310 e. The van der Waals surface area contributed by atoms with E-state index in [2.05, 4.69) is 5.32 Å². The van der Waals surface area contributed by atoms with Crippen LogP contribution in [0.15, 0.2) is 42.5 Å². The maximum Gasteiger partial charge on any atom is 0.142 e. The molecule has 0 spiro atoms. The molecule has 0 aliphatic heterocycles. The molecule has 20 heavy (non-hydrogen) atoms. The first-order valence-electron chi connectivity index (χ1n) is 6.53. The molecule has 1 nitrogen and oxygen atoms in total. The highest BCUT2D eigenvalue weighted by Gasteiger charge is 2.15. The summed E-state index contributed by atoms with van der Waals surface area (Å²) in [6, 6.07) is 11.1. The summed E-state index contributed by atoms with van der Waals surface area (Å²) in [5.41, 5.74) is 1.37. The van der Waals surface area contributed by atoms with Gasteiger partial charge in [0.2, 0.25) is 0 Å². The lowest BCUT2D eigenvalue weighted by Crippen LogP contribution is -2.24. The zero-order valence-electron chi connectivity index (χ0n) is 11.2. The Labute approximate surface area is 122 Å². The molecule has 2 rings (SSSR count). The summed E-state index contributed by atoms with van der Waals surface area (Å²) in [6.07, 6.45) is 0.503. The molecule has 0 saturated carbocycles. The number of halogens is 3. The van der Waals surface area contributed by atoms with Gasteiger partial charge in [-0.25, -0.2) is 8.78 Å². The van der Waals surface area contributed by atoms with Crippen molar-refractivity contribution in [2.75, 3.05) is 6.54 Å². The highest BCUT2D eigenvalue weighted by Crippen LogP contribution is 2.23. The molecule has 0 radical (unpaired) electrons. The molecule has 1 atom stereocenters. The van der Waals surface area contributed by atoms with Crippen LogP contribution in [0, 0.1) is 11.6 Å². The van der Waals surface area contributed by atoms with Gasteiger partial charge in [-0.1, -0.05) is 42.8 Å². The SMILES string of the molecule is CCNC(Cc1ccc(Cl)c(F)c1)c1ccccc1F. The maximum atomic E-state index is 13.9. The minimum atomic E-state index is -0.451. The molecular weight excluding hydrogens is 280 g/mol. The van der Waals surface area contributed by atoms with Crippen LogP contribution < -0.4 is 5.32 Å². The van der Waals surface area contributed by atoms with Gasteiger partial charge in [-0.05, 0) is 36.7 Å². The number of hydrogen-bond donors (Lipinski definition) is 1. The fourth-order valence-electron chi connectivity index (χ4n) is 2.20. The molecule has 2 aromatic rings. The summed E-state index contributed by atoms with van der Waals surface area (Å²) in [6.45, 7) is 2.66. The minimum absolute atomic E-state index is 0.0969. The number of nitrogens with one attached hydrogen (secondary N) is 1. The summed E-state index contributed by atoms with van der Waals surface area (Å²) in [7, 11) is 0. The number of likely N-dealkylation sites (N-methyl/N-ethyl adjacent to an activating group) is 1. The number of benzene rings is 2. The predicted octanol–water partition coefficient (Wildman–Crippen LogP) is 4.51. The van der Waals surface area contributed by atoms with E-state index in [1.165, 1.54) is 18.2 Å². The number of hydrogen-bond acceptors (Lipinski definition) is 1. The minimum Gasteiger partial charge on any atom is -0.310 e. The average Bonchev–Trinajstić information content (AvgIpc) is 2.43. The van der Waals surface area contributed by atoms with E-state index in [1.807, 2.05) is 6.92 Å². The molecule has 0 amide bonds.